The molecule has 0 bridgehead atoms. The standard InChI is InChI=1S/C15H16FN3S/c1-8-7-13(14(15(17)20)10(3)18-8)19-12-6-4-5-11(16)9(12)2/h4-7H,1-3H3,(H2,17,20)(H,18,19). The highest BCUT2D eigenvalue weighted by Gasteiger charge is 2.13. The van der Waals surface area contributed by atoms with Gasteiger partial charge in [-0.1, -0.05) is 18.3 Å². The van der Waals surface area contributed by atoms with Crippen molar-refractivity contribution in [1.29, 1.82) is 0 Å². The Morgan fingerprint density at radius 3 is 2.60 bits per heavy atom. The van der Waals surface area contributed by atoms with Gasteiger partial charge in [-0.15, -0.1) is 0 Å². The first-order chi connectivity index (χ1) is 9.40. The lowest BCUT2D eigenvalue weighted by Crippen LogP contribution is -2.15. The van der Waals surface area contributed by atoms with Gasteiger partial charge in [0.1, 0.15) is 10.8 Å². The number of hydrogen-bond donors (Lipinski definition) is 2. The number of thiocarbonyl (C=S) groups is 1. The monoisotopic (exact) mass is 289 g/mol. The Morgan fingerprint density at radius 2 is 1.95 bits per heavy atom. The number of pyridine rings is 1. The summed E-state index contributed by atoms with van der Waals surface area (Å²) in [5.41, 5.74) is 10.0. The van der Waals surface area contributed by atoms with Gasteiger partial charge in [0.05, 0.1) is 11.3 Å². The first-order valence-corrected chi connectivity index (χ1v) is 6.61. The number of rotatable bonds is 3. The van der Waals surface area contributed by atoms with Gasteiger partial charge in [0.2, 0.25) is 0 Å². The molecule has 0 aliphatic carbocycles. The molecule has 0 saturated heterocycles. The number of nitrogens with one attached hydrogen (secondary N) is 1. The Labute approximate surface area is 123 Å². The van der Waals surface area contributed by atoms with Gasteiger partial charge in [-0.2, -0.15) is 0 Å². The van der Waals surface area contributed by atoms with Crippen LogP contribution in [-0.2, 0) is 0 Å². The molecule has 3 N–H and O–H groups in total. The normalized spacial score (nSPS) is 10.4. The minimum atomic E-state index is -0.255. The second-order valence-electron chi connectivity index (χ2n) is 4.67. The number of aromatic nitrogens is 1. The van der Waals surface area contributed by atoms with E-state index in [1.807, 2.05) is 26.0 Å². The van der Waals surface area contributed by atoms with E-state index in [1.165, 1.54) is 6.07 Å². The molecule has 5 heteroatoms. The zero-order valence-electron chi connectivity index (χ0n) is 11.6. The minimum Gasteiger partial charge on any atom is -0.389 e. The van der Waals surface area contributed by atoms with Crippen LogP contribution in [0.3, 0.4) is 0 Å². The molecule has 1 aromatic carbocycles. The molecule has 0 aliphatic heterocycles. The molecule has 0 spiro atoms. The summed E-state index contributed by atoms with van der Waals surface area (Å²) in [4.78, 5) is 4.63. The van der Waals surface area contributed by atoms with Crippen molar-refractivity contribution < 1.29 is 4.39 Å². The summed E-state index contributed by atoms with van der Waals surface area (Å²) in [7, 11) is 0. The molecular weight excluding hydrogens is 273 g/mol. The summed E-state index contributed by atoms with van der Waals surface area (Å²) in [6.45, 7) is 5.46. The number of halogens is 1. The van der Waals surface area contributed by atoms with Gasteiger partial charge in [0, 0.05) is 22.6 Å². The fraction of sp³-hybridized carbons (Fsp3) is 0.200. The predicted octanol–water partition coefficient (Wildman–Crippen LogP) is 3.52. The summed E-state index contributed by atoms with van der Waals surface area (Å²) >= 11 is 5.08. The summed E-state index contributed by atoms with van der Waals surface area (Å²) in [5, 5.41) is 3.20. The summed E-state index contributed by atoms with van der Waals surface area (Å²) in [6, 6.07) is 6.75. The van der Waals surface area contributed by atoms with E-state index in [4.69, 9.17) is 18.0 Å². The highest BCUT2D eigenvalue weighted by atomic mass is 32.1. The molecule has 0 fully saturated rings. The molecule has 2 aromatic rings. The third-order valence-corrected chi connectivity index (χ3v) is 3.32. The molecule has 1 aromatic heterocycles. The van der Waals surface area contributed by atoms with Crippen molar-refractivity contribution in [2.45, 2.75) is 20.8 Å². The maximum absolute atomic E-state index is 13.6. The van der Waals surface area contributed by atoms with Crippen LogP contribution in [-0.4, -0.2) is 9.97 Å². The third kappa shape index (κ3) is 2.77. The van der Waals surface area contributed by atoms with E-state index in [2.05, 4.69) is 10.3 Å². The molecule has 0 saturated carbocycles. The topological polar surface area (TPSA) is 50.9 Å². The molecule has 0 radical (unpaired) electrons. The van der Waals surface area contributed by atoms with Crippen LogP contribution in [0.1, 0.15) is 22.5 Å². The molecule has 2 rings (SSSR count). The van der Waals surface area contributed by atoms with Crippen LogP contribution < -0.4 is 11.1 Å². The number of aryl methyl sites for hydroxylation is 2. The first-order valence-electron chi connectivity index (χ1n) is 6.20. The molecule has 0 amide bonds. The van der Waals surface area contributed by atoms with E-state index in [9.17, 15) is 4.39 Å². The molecule has 0 unspecified atom stereocenters. The van der Waals surface area contributed by atoms with Gasteiger partial charge in [-0.05, 0) is 39.0 Å². The summed E-state index contributed by atoms with van der Waals surface area (Å²) in [6.07, 6.45) is 0. The van der Waals surface area contributed by atoms with Gasteiger partial charge in [0.15, 0.2) is 0 Å². The number of hydrogen-bond acceptors (Lipinski definition) is 3. The van der Waals surface area contributed by atoms with E-state index in [1.54, 1.807) is 13.0 Å². The van der Waals surface area contributed by atoms with Crippen molar-refractivity contribution in [3.05, 3.63) is 52.6 Å². The van der Waals surface area contributed by atoms with Crippen LogP contribution in [0.15, 0.2) is 24.3 Å². The minimum absolute atomic E-state index is 0.255. The molecule has 0 atom stereocenters. The van der Waals surface area contributed by atoms with Gasteiger partial charge in [0.25, 0.3) is 0 Å². The van der Waals surface area contributed by atoms with Gasteiger partial charge < -0.3 is 11.1 Å². The lowest BCUT2D eigenvalue weighted by Gasteiger charge is -2.16. The average molecular weight is 289 g/mol. The Hall–Kier alpha value is -2.01. The molecular formula is C15H16FN3S. The SMILES string of the molecule is Cc1cc(Nc2cccc(F)c2C)c(C(N)=S)c(C)n1. The lowest BCUT2D eigenvalue weighted by molar-refractivity contribution is 0.619. The van der Waals surface area contributed by atoms with Gasteiger partial charge >= 0.3 is 0 Å². The largest absolute Gasteiger partial charge is 0.389 e. The third-order valence-electron chi connectivity index (χ3n) is 3.11. The zero-order valence-corrected chi connectivity index (χ0v) is 12.4. The Morgan fingerprint density at radius 1 is 1.25 bits per heavy atom. The van der Waals surface area contributed by atoms with E-state index in [0.717, 1.165) is 17.1 Å². The second-order valence-corrected chi connectivity index (χ2v) is 5.11. The van der Waals surface area contributed by atoms with Crippen LogP contribution in [0.5, 0.6) is 0 Å². The fourth-order valence-electron chi connectivity index (χ4n) is 2.13. The molecule has 1 heterocycles. The Bertz CT molecular complexity index is 683. The van der Waals surface area contributed by atoms with E-state index in [-0.39, 0.29) is 10.8 Å². The van der Waals surface area contributed by atoms with Gasteiger partial charge in [-0.3, -0.25) is 4.98 Å². The molecule has 3 nitrogen and oxygen atoms in total. The highest BCUT2D eigenvalue weighted by Crippen LogP contribution is 2.26. The van der Waals surface area contributed by atoms with Gasteiger partial charge in [-0.25, -0.2) is 4.39 Å². The maximum Gasteiger partial charge on any atom is 0.128 e. The van der Waals surface area contributed by atoms with Crippen LogP contribution in [0.4, 0.5) is 15.8 Å². The number of nitrogens with two attached hydrogens (primary N) is 1. The smallest absolute Gasteiger partial charge is 0.128 e. The molecule has 104 valence electrons. The van der Waals surface area contributed by atoms with Crippen molar-refractivity contribution in [3.8, 4) is 0 Å². The van der Waals surface area contributed by atoms with Crippen LogP contribution in [0, 0.1) is 26.6 Å². The Kier molecular flexibility index (Phi) is 3.99. The van der Waals surface area contributed by atoms with Crippen LogP contribution in [0.25, 0.3) is 0 Å². The fourth-order valence-corrected chi connectivity index (χ4v) is 2.38. The predicted molar refractivity (Wildman–Crippen MR) is 84.0 cm³/mol. The first kappa shape index (κ1) is 14.4. The number of anilines is 2. The van der Waals surface area contributed by atoms with Crippen molar-refractivity contribution in [1.82, 2.24) is 4.98 Å². The van der Waals surface area contributed by atoms with Crippen molar-refractivity contribution >= 4 is 28.6 Å². The second kappa shape index (κ2) is 5.54. The number of nitrogens with zero attached hydrogens (tertiary/aromatic N) is 1. The number of benzene rings is 1. The lowest BCUT2D eigenvalue weighted by atomic mass is 10.1. The Balaban J connectivity index is 2.53. The zero-order chi connectivity index (χ0) is 14.9. The van der Waals surface area contributed by atoms with E-state index in [0.29, 0.717) is 16.8 Å². The van der Waals surface area contributed by atoms with Crippen molar-refractivity contribution in [2.24, 2.45) is 5.73 Å². The molecule has 20 heavy (non-hydrogen) atoms. The summed E-state index contributed by atoms with van der Waals surface area (Å²) < 4.78 is 13.6. The van der Waals surface area contributed by atoms with Crippen molar-refractivity contribution in [2.75, 3.05) is 5.32 Å². The molecule has 0 aliphatic rings. The highest BCUT2D eigenvalue weighted by molar-refractivity contribution is 7.80. The van der Waals surface area contributed by atoms with Crippen LogP contribution >= 0.6 is 12.2 Å². The average Bonchev–Trinajstić information content (AvgIpc) is 2.33. The van der Waals surface area contributed by atoms with Crippen LogP contribution in [0.2, 0.25) is 0 Å². The maximum atomic E-state index is 13.6. The van der Waals surface area contributed by atoms with E-state index >= 15 is 0 Å². The van der Waals surface area contributed by atoms with Crippen molar-refractivity contribution in [3.63, 3.8) is 0 Å². The quantitative estimate of drug-likeness (QED) is 0.849. The summed E-state index contributed by atoms with van der Waals surface area (Å²) in [5.74, 6) is -0.255. The van der Waals surface area contributed by atoms with E-state index < -0.39 is 0 Å².